The third kappa shape index (κ3) is 3.39. The molecule has 2 saturated heterocycles. The van der Waals surface area contributed by atoms with E-state index in [4.69, 9.17) is 4.74 Å². The first-order valence-electron chi connectivity index (χ1n) is 8.08. The smallest absolute Gasteiger partial charge is 0.119 e. The molecule has 1 aromatic rings. The highest BCUT2D eigenvalue weighted by molar-refractivity contribution is 5.30. The van der Waals surface area contributed by atoms with Crippen molar-refractivity contribution in [3.63, 3.8) is 0 Å². The Morgan fingerprint density at radius 1 is 1.33 bits per heavy atom. The number of methoxy groups -OCH3 is 1. The molecule has 2 atom stereocenters. The molecule has 2 aliphatic heterocycles. The third-order valence-electron chi connectivity index (χ3n) is 4.96. The summed E-state index contributed by atoms with van der Waals surface area (Å²) in [6, 6.07) is 9.58. The van der Waals surface area contributed by atoms with E-state index in [1.54, 1.807) is 7.11 Å². The van der Waals surface area contributed by atoms with E-state index in [9.17, 15) is 0 Å². The van der Waals surface area contributed by atoms with E-state index in [0.29, 0.717) is 6.04 Å². The van der Waals surface area contributed by atoms with Crippen LogP contribution in [-0.2, 0) is 0 Å². The molecule has 0 saturated carbocycles. The molecule has 3 rings (SSSR count). The third-order valence-corrected chi connectivity index (χ3v) is 4.96. The van der Waals surface area contributed by atoms with E-state index in [1.807, 2.05) is 6.07 Å². The molecule has 1 N–H and O–H groups in total. The second kappa shape index (κ2) is 6.77. The highest BCUT2D eigenvalue weighted by Gasteiger charge is 2.31. The van der Waals surface area contributed by atoms with Gasteiger partial charge in [0.2, 0.25) is 0 Å². The average molecular weight is 289 g/mol. The number of nitrogens with zero attached hydrogens (tertiary/aromatic N) is 2. The first-order valence-corrected chi connectivity index (χ1v) is 8.08. The monoisotopic (exact) mass is 289 g/mol. The van der Waals surface area contributed by atoms with Gasteiger partial charge in [-0.25, -0.2) is 0 Å². The number of fused-ring (bicyclic) bond motifs is 1. The van der Waals surface area contributed by atoms with E-state index in [0.717, 1.165) is 18.3 Å². The predicted molar refractivity (Wildman–Crippen MR) is 85.8 cm³/mol. The Labute approximate surface area is 128 Å². The minimum absolute atomic E-state index is 0.369. The van der Waals surface area contributed by atoms with Crippen LogP contribution in [-0.4, -0.2) is 62.7 Å². The maximum absolute atomic E-state index is 5.35. The van der Waals surface area contributed by atoms with Crippen LogP contribution in [0.1, 0.15) is 24.4 Å². The summed E-state index contributed by atoms with van der Waals surface area (Å²) in [4.78, 5) is 5.28. The molecule has 0 aromatic heterocycles. The lowest BCUT2D eigenvalue weighted by Crippen LogP contribution is -2.51. The molecule has 2 heterocycles. The fourth-order valence-electron chi connectivity index (χ4n) is 3.70. The number of piperazine rings is 1. The average Bonchev–Trinajstić information content (AvgIpc) is 3.00. The van der Waals surface area contributed by atoms with E-state index < -0.39 is 0 Å². The molecule has 2 unspecified atom stereocenters. The summed E-state index contributed by atoms with van der Waals surface area (Å²) in [5.41, 5.74) is 1.31. The van der Waals surface area contributed by atoms with E-state index >= 15 is 0 Å². The fraction of sp³-hybridized carbons (Fsp3) is 0.647. The van der Waals surface area contributed by atoms with E-state index in [-0.39, 0.29) is 0 Å². The van der Waals surface area contributed by atoms with Crippen molar-refractivity contribution in [2.45, 2.75) is 24.9 Å². The number of ether oxygens (including phenoxy) is 1. The maximum atomic E-state index is 5.35. The Morgan fingerprint density at radius 2 is 2.24 bits per heavy atom. The van der Waals surface area contributed by atoms with Gasteiger partial charge in [-0.05, 0) is 44.1 Å². The van der Waals surface area contributed by atoms with Gasteiger partial charge in [0.05, 0.1) is 7.11 Å². The molecule has 1 aromatic carbocycles. The molecule has 4 heteroatoms. The van der Waals surface area contributed by atoms with Crippen LogP contribution in [0.25, 0.3) is 0 Å². The van der Waals surface area contributed by atoms with Crippen molar-refractivity contribution >= 4 is 0 Å². The Balaban J connectivity index is 1.63. The Hall–Kier alpha value is -1.10. The summed E-state index contributed by atoms with van der Waals surface area (Å²) in [5.74, 6) is 0.938. The number of hydrogen-bond donors (Lipinski definition) is 1. The number of hydrogen-bond acceptors (Lipinski definition) is 4. The summed E-state index contributed by atoms with van der Waals surface area (Å²) in [7, 11) is 3.78. The highest BCUT2D eigenvalue weighted by Crippen LogP contribution is 2.24. The summed E-state index contributed by atoms with van der Waals surface area (Å²) in [6.45, 7) is 6.04. The van der Waals surface area contributed by atoms with Crippen LogP contribution >= 0.6 is 0 Å². The summed E-state index contributed by atoms with van der Waals surface area (Å²) >= 11 is 0. The van der Waals surface area contributed by atoms with Gasteiger partial charge in [-0.3, -0.25) is 9.80 Å². The summed E-state index contributed by atoms with van der Waals surface area (Å²) < 4.78 is 5.35. The molecule has 2 fully saturated rings. The number of likely N-dealkylation sites (N-methyl/N-ethyl adjacent to an activating group) is 1. The van der Waals surface area contributed by atoms with Crippen molar-refractivity contribution in [1.82, 2.24) is 15.1 Å². The zero-order chi connectivity index (χ0) is 14.7. The van der Waals surface area contributed by atoms with Crippen LogP contribution in [0, 0.1) is 0 Å². The topological polar surface area (TPSA) is 27.7 Å². The molecule has 0 amide bonds. The molecular weight excluding hydrogens is 262 g/mol. The van der Waals surface area contributed by atoms with E-state index in [2.05, 4.69) is 40.4 Å². The Bertz CT molecular complexity index is 465. The minimum atomic E-state index is 0.369. The second-order valence-corrected chi connectivity index (χ2v) is 6.21. The number of benzene rings is 1. The van der Waals surface area contributed by atoms with Crippen LogP contribution in [0.4, 0.5) is 0 Å². The van der Waals surface area contributed by atoms with Crippen molar-refractivity contribution in [2.24, 2.45) is 0 Å². The van der Waals surface area contributed by atoms with Crippen molar-refractivity contribution < 1.29 is 4.74 Å². The highest BCUT2D eigenvalue weighted by atomic mass is 16.5. The molecule has 0 aliphatic carbocycles. The van der Waals surface area contributed by atoms with Gasteiger partial charge in [0.1, 0.15) is 5.75 Å². The zero-order valence-corrected chi connectivity index (χ0v) is 13.2. The SMILES string of the molecule is CNC(CN1CCN2CCCC2C1)c1cccc(OC)c1. The lowest BCUT2D eigenvalue weighted by atomic mass is 10.0. The van der Waals surface area contributed by atoms with Gasteiger partial charge in [0, 0.05) is 38.3 Å². The molecule has 2 aliphatic rings. The molecule has 4 nitrogen and oxygen atoms in total. The quantitative estimate of drug-likeness (QED) is 0.893. The molecule has 21 heavy (non-hydrogen) atoms. The van der Waals surface area contributed by atoms with Crippen LogP contribution in [0.3, 0.4) is 0 Å². The van der Waals surface area contributed by atoms with Crippen LogP contribution in [0.2, 0.25) is 0 Å². The van der Waals surface area contributed by atoms with Gasteiger partial charge < -0.3 is 10.1 Å². The van der Waals surface area contributed by atoms with Gasteiger partial charge in [0.15, 0.2) is 0 Å². The van der Waals surface area contributed by atoms with Crippen LogP contribution < -0.4 is 10.1 Å². The standard InChI is InChI=1S/C17H27N3O/c1-18-17(14-5-3-7-16(11-14)21-2)13-19-9-10-20-8-4-6-15(20)12-19/h3,5,7,11,15,17-18H,4,6,8-10,12-13H2,1-2H3. The van der Waals surface area contributed by atoms with Crippen LogP contribution in [0.5, 0.6) is 5.75 Å². The lowest BCUT2D eigenvalue weighted by molar-refractivity contribution is 0.0971. The Kier molecular flexibility index (Phi) is 4.78. The minimum Gasteiger partial charge on any atom is -0.497 e. The predicted octanol–water partition coefficient (Wildman–Crippen LogP) is 1.74. The second-order valence-electron chi connectivity index (χ2n) is 6.21. The first kappa shape index (κ1) is 14.8. The summed E-state index contributed by atoms with van der Waals surface area (Å²) in [6.07, 6.45) is 2.75. The first-order chi connectivity index (χ1) is 10.3. The van der Waals surface area contributed by atoms with Gasteiger partial charge >= 0.3 is 0 Å². The number of nitrogens with one attached hydrogen (secondary N) is 1. The largest absolute Gasteiger partial charge is 0.497 e. The van der Waals surface area contributed by atoms with Crippen molar-refractivity contribution in [3.05, 3.63) is 29.8 Å². The number of rotatable bonds is 5. The lowest BCUT2D eigenvalue weighted by Gasteiger charge is -2.39. The zero-order valence-electron chi connectivity index (χ0n) is 13.2. The maximum Gasteiger partial charge on any atom is 0.119 e. The molecular formula is C17H27N3O. The normalized spacial score (nSPS) is 24.8. The van der Waals surface area contributed by atoms with Gasteiger partial charge in [0.25, 0.3) is 0 Å². The fourth-order valence-corrected chi connectivity index (χ4v) is 3.70. The van der Waals surface area contributed by atoms with Gasteiger partial charge in [-0.15, -0.1) is 0 Å². The van der Waals surface area contributed by atoms with E-state index in [1.165, 1.54) is 44.6 Å². The van der Waals surface area contributed by atoms with Crippen molar-refractivity contribution in [3.8, 4) is 5.75 Å². The van der Waals surface area contributed by atoms with Crippen molar-refractivity contribution in [1.29, 1.82) is 0 Å². The molecule has 116 valence electrons. The summed E-state index contributed by atoms with van der Waals surface area (Å²) in [5, 5.41) is 3.47. The molecule has 0 radical (unpaired) electrons. The van der Waals surface area contributed by atoms with Crippen LogP contribution in [0.15, 0.2) is 24.3 Å². The Morgan fingerprint density at radius 3 is 3.05 bits per heavy atom. The van der Waals surface area contributed by atoms with Crippen molar-refractivity contribution in [2.75, 3.05) is 46.9 Å². The van der Waals surface area contributed by atoms with Gasteiger partial charge in [-0.2, -0.15) is 0 Å². The molecule has 0 bridgehead atoms. The molecule has 0 spiro atoms. The van der Waals surface area contributed by atoms with Gasteiger partial charge in [-0.1, -0.05) is 12.1 Å².